The first kappa shape index (κ1) is 12.9. The van der Waals surface area contributed by atoms with Crippen LogP contribution in [0, 0.1) is 0 Å². The summed E-state index contributed by atoms with van der Waals surface area (Å²) in [5.41, 5.74) is 1.57. The molecule has 0 fully saturated rings. The van der Waals surface area contributed by atoms with E-state index < -0.39 is 9.05 Å². The van der Waals surface area contributed by atoms with Gasteiger partial charge in [0.2, 0.25) is 0 Å². The first-order valence-electron chi connectivity index (χ1n) is 5.20. The van der Waals surface area contributed by atoms with E-state index in [4.69, 9.17) is 15.4 Å². The molecule has 0 aromatic heterocycles. The van der Waals surface area contributed by atoms with Crippen molar-refractivity contribution in [1.82, 2.24) is 0 Å². The van der Waals surface area contributed by atoms with E-state index in [1.165, 1.54) is 12.1 Å². The molecule has 0 saturated heterocycles. The molecule has 0 heterocycles. The molecule has 0 bridgehead atoms. The number of para-hydroxylation sites is 1. The molecule has 0 aliphatic heterocycles. The standard InChI is InChI=1S/C13H11ClO3S/c1-17-13-8-3-2-7-12(13)10-5-4-6-11(9-10)18(14,15)16/h2-9H,1H3. The van der Waals surface area contributed by atoms with Crippen molar-refractivity contribution in [2.24, 2.45) is 0 Å². The highest BCUT2D eigenvalue weighted by Crippen LogP contribution is 2.31. The van der Waals surface area contributed by atoms with Crippen LogP contribution in [0.5, 0.6) is 5.75 Å². The summed E-state index contributed by atoms with van der Waals surface area (Å²) < 4.78 is 27.9. The Balaban J connectivity index is 2.58. The molecule has 0 amide bonds. The molecular formula is C13H11ClO3S. The number of benzene rings is 2. The number of hydrogen-bond acceptors (Lipinski definition) is 3. The van der Waals surface area contributed by atoms with E-state index >= 15 is 0 Å². The average molecular weight is 283 g/mol. The molecule has 0 radical (unpaired) electrons. The number of rotatable bonds is 3. The highest BCUT2D eigenvalue weighted by atomic mass is 35.7. The van der Waals surface area contributed by atoms with Crippen molar-refractivity contribution in [3.63, 3.8) is 0 Å². The lowest BCUT2D eigenvalue weighted by molar-refractivity contribution is 0.416. The van der Waals surface area contributed by atoms with Gasteiger partial charge in [-0.1, -0.05) is 30.3 Å². The van der Waals surface area contributed by atoms with Crippen LogP contribution in [0.2, 0.25) is 0 Å². The van der Waals surface area contributed by atoms with Crippen LogP contribution in [-0.4, -0.2) is 15.5 Å². The second-order valence-corrected chi connectivity index (χ2v) is 6.23. The maximum absolute atomic E-state index is 11.3. The van der Waals surface area contributed by atoms with E-state index in [0.29, 0.717) is 5.75 Å². The summed E-state index contributed by atoms with van der Waals surface area (Å²) in [6, 6.07) is 13.8. The van der Waals surface area contributed by atoms with E-state index in [1.54, 1.807) is 13.2 Å². The Bertz CT molecular complexity index is 665. The van der Waals surface area contributed by atoms with Crippen LogP contribution in [0.1, 0.15) is 0 Å². The minimum absolute atomic E-state index is 0.0765. The summed E-state index contributed by atoms with van der Waals surface area (Å²) >= 11 is 0. The fraction of sp³-hybridized carbons (Fsp3) is 0.0769. The first-order valence-corrected chi connectivity index (χ1v) is 7.51. The summed E-state index contributed by atoms with van der Waals surface area (Å²) in [5.74, 6) is 0.682. The normalized spacial score (nSPS) is 11.2. The van der Waals surface area contributed by atoms with Gasteiger partial charge in [0, 0.05) is 16.2 Å². The SMILES string of the molecule is COc1ccccc1-c1cccc(S(=O)(=O)Cl)c1. The molecular weight excluding hydrogens is 272 g/mol. The number of hydrogen-bond donors (Lipinski definition) is 0. The zero-order valence-electron chi connectivity index (χ0n) is 9.63. The van der Waals surface area contributed by atoms with Crippen molar-refractivity contribution >= 4 is 19.7 Å². The van der Waals surface area contributed by atoms with Crippen LogP contribution >= 0.6 is 10.7 Å². The Morgan fingerprint density at radius 1 is 1.06 bits per heavy atom. The van der Waals surface area contributed by atoms with Crippen LogP contribution in [0.25, 0.3) is 11.1 Å². The zero-order chi connectivity index (χ0) is 13.2. The molecule has 5 heteroatoms. The van der Waals surface area contributed by atoms with Crippen molar-refractivity contribution in [1.29, 1.82) is 0 Å². The summed E-state index contributed by atoms with van der Waals surface area (Å²) in [7, 11) is 3.18. The topological polar surface area (TPSA) is 43.4 Å². The lowest BCUT2D eigenvalue weighted by atomic mass is 10.1. The molecule has 0 spiro atoms. The van der Waals surface area contributed by atoms with Crippen molar-refractivity contribution in [2.45, 2.75) is 4.90 Å². The van der Waals surface area contributed by atoms with E-state index in [9.17, 15) is 8.42 Å². The van der Waals surface area contributed by atoms with Gasteiger partial charge < -0.3 is 4.74 Å². The Morgan fingerprint density at radius 3 is 2.44 bits per heavy atom. The number of methoxy groups -OCH3 is 1. The van der Waals surface area contributed by atoms with Gasteiger partial charge in [-0.3, -0.25) is 0 Å². The fourth-order valence-electron chi connectivity index (χ4n) is 1.70. The minimum Gasteiger partial charge on any atom is -0.496 e. The van der Waals surface area contributed by atoms with Gasteiger partial charge in [0.1, 0.15) is 5.75 Å². The number of ether oxygens (including phenoxy) is 1. The van der Waals surface area contributed by atoms with Gasteiger partial charge in [-0.15, -0.1) is 0 Å². The maximum Gasteiger partial charge on any atom is 0.261 e. The van der Waals surface area contributed by atoms with Crippen LogP contribution in [-0.2, 0) is 9.05 Å². The van der Waals surface area contributed by atoms with E-state index in [2.05, 4.69) is 0 Å². The second-order valence-electron chi connectivity index (χ2n) is 3.67. The van der Waals surface area contributed by atoms with Crippen LogP contribution in [0.3, 0.4) is 0 Å². The summed E-state index contributed by atoms with van der Waals surface area (Å²) in [6.07, 6.45) is 0. The second kappa shape index (κ2) is 5.00. The molecule has 2 aromatic carbocycles. The fourth-order valence-corrected chi connectivity index (χ4v) is 2.50. The third-order valence-corrected chi connectivity index (χ3v) is 3.89. The van der Waals surface area contributed by atoms with Crippen molar-refractivity contribution in [3.8, 4) is 16.9 Å². The van der Waals surface area contributed by atoms with Gasteiger partial charge in [0.05, 0.1) is 12.0 Å². The largest absolute Gasteiger partial charge is 0.496 e. The molecule has 2 aromatic rings. The lowest BCUT2D eigenvalue weighted by Crippen LogP contribution is -1.92. The Morgan fingerprint density at radius 2 is 1.78 bits per heavy atom. The van der Waals surface area contributed by atoms with Crippen molar-refractivity contribution < 1.29 is 13.2 Å². The van der Waals surface area contributed by atoms with Gasteiger partial charge in [-0.05, 0) is 23.8 Å². The molecule has 3 nitrogen and oxygen atoms in total. The summed E-state index contributed by atoms with van der Waals surface area (Å²) in [6.45, 7) is 0. The summed E-state index contributed by atoms with van der Waals surface area (Å²) in [4.78, 5) is 0.0765. The maximum atomic E-state index is 11.3. The average Bonchev–Trinajstić information content (AvgIpc) is 2.38. The van der Waals surface area contributed by atoms with Crippen LogP contribution < -0.4 is 4.74 Å². The Kier molecular flexibility index (Phi) is 3.59. The minimum atomic E-state index is -3.72. The van der Waals surface area contributed by atoms with Gasteiger partial charge in [-0.25, -0.2) is 8.42 Å². The van der Waals surface area contributed by atoms with Crippen LogP contribution in [0.4, 0.5) is 0 Å². The Hall–Kier alpha value is -1.52. The molecule has 0 unspecified atom stereocenters. The first-order chi connectivity index (χ1) is 8.52. The predicted molar refractivity (Wildman–Crippen MR) is 71.5 cm³/mol. The van der Waals surface area contributed by atoms with Gasteiger partial charge in [0.25, 0.3) is 9.05 Å². The zero-order valence-corrected chi connectivity index (χ0v) is 11.2. The van der Waals surface area contributed by atoms with Crippen molar-refractivity contribution in [2.75, 3.05) is 7.11 Å². The molecule has 0 atom stereocenters. The van der Waals surface area contributed by atoms with Gasteiger partial charge in [-0.2, -0.15) is 0 Å². The van der Waals surface area contributed by atoms with E-state index in [-0.39, 0.29) is 4.90 Å². The highest BCUT2D eigenvalue weighted by Gasteiger charge is 2.12. The molecule has 0 aliphatic carbocycles. The van der Waals surface area contributed by atoms with E-state index in [0.717, 1.165) is 11.1 Å². The Labute approximate surface area is 110 Å². The summed E-state index contributed by atoms with van der Waals surface area (Å²) in [5, 5.41) is 0. The smallest absolute Gasteiger partial charge is 0.261 e. The van der Waals surface area contributed by atoms with Gasteiger partial charge in [0.15, 0.2) is 0 Å². The molecule has 0 saturated carbocycles. The lowest BCUT2D eigenvalue weighted by Gasteiger charge is -2.08. The van der Waals surface area contributed by atoms with E-state index in [1.807, 2.05) is 30.3 Å². The predicted octanol–water partition coefficient (Wildman–Crippen LogP) is 3.29. The van der Waals surface area contributed by atoms with Crippen molar-refractivity contribution in [3.05, 3.63) is 48.5 Å². The monoisotopic (exact) mass is 282 g/mol. The molecule has 0 N–H and O–H groups in total. The molecule has 94 valence electrons. The molecule has 0 aliphatic rings. The third kappa shape index (κ3) is 2.66. The quantitative estimate of drug-likeness (QED) is 0.812. The van der Waals surface area contributed by atoms with Crippen LogP contribution in [0.15, 0.2) is 53.4 Å². The number of halogens is 1. The molecule has 18 heavy (non-hydrogen) atoms. The molecule has 2 rings (SSSR count). The highest BCUT2D eigenvalue weighted by molar-refractivity contribution is 8.13. The third-order valence-electron chi connectivity index (χ3n) is 2.53. The van der Waals surface area contributed by atoms with Gasteiger partial charge >= 0.3 is 0 Å².